The Kier molecular flexibility index (Phi) is 6.25. The molecule has 1 N–H and O–H groups in total. The second-order valence-corrected chi connectivity index (χ2v) is 6.55. The Labute approximate surface area is 153 Å². The summed E-state index contributed by atoms with van der Waals surface area (Å²) in [4.78, 5) is 14.5. The molecule has 2 aromatic rings. The fraction of sp³-hybridized carbons (Fsp3) is 0.474. The molecule has 26 heavy (non-hydrogen) atoms. The van der Waals surface area contributed by atoms with Crippen molar-refractivity contribution in [1.82, 2.24) is 20.0 Å². The number of morpholine rings is 1. The number of nitrogens with one attached hydrogen (secondary N) is 1. The van der Waals surface area contributed by atoms with E-state index in [1.807, 2.05) is 26.0 Å². The highest BCUT2D eigenvalue weighted by Crippen LogP contribution is 2.16. The number of aromatic nitrogens is 2. The third-order valence-electron chi connectivity index (χ3n) is 4.25. The number of aryl methyl sites for hydroxylation is 2. The molecule has 1 aromatic heterocycles. The van der Waals surface area contributed by atoms with Gasteiger partial charge in [0.05, 0.1) is 13.2 Å². The number of hydrogen-bond acceptors (Lipinski definition) is 5. The predicted octanol–water partition coefficient (Wildman–Crippen LogP) is 1.60. The number of carbonyl (C=O) groups is 1. The van der Waals surface area contributed by atoms with E-state index in [9.17, 15) is 4.79 Å². The quantitative estimate of drug-likeness (QED) is 0.814. The zero-order chi connectivity index (χ0) is 18.4. The van der Waals surface area contributed by atoms with Gasteiger partial charge < -0.3 is 14.8 Å². The van der Waals surface area contributed by atoms with E-state index < -0.39 is 0 Å². The number of carbonyl (C=O) groups excluding carboxylic acids is 1. The van der Waals surface area contributed by atoms with Gasteiger partial charge in [0.1, 0.15) is 11.4 Å². The second-order valence-electron chi connectivity index (χ2n) is 6.55. The fourth-order valence-corrected chi connectivity index (χ4v) is 2.95. The normalized spacial score (nSPS) is 15.0. The molecule has 2 heterocycles. The van der Waals surface area contributed by atoms with Gasteiger partial charge in [-0.2, -0.15) is 5.10 Å². The molecule has 1 amide bonds. The van der Waals surface area contributed by atoms with Gasteiger partial charge in [-0.3, -0.25) is 9.69 Å². The summed E-state index contributed by atoms with van der Waals surface area (Å²) in [6, 6.07) is 7.76. The first kappa shape index (κ1) is 18.4. The molecule has 1 fully saturated rings. The number of amides is 1. The van der Waals surface area contributed by atoms with Crippen LogP contribution in [0.15, 0.2) is 30.5 Å². The monoisotopic (exact) mass is 358 g/mol. The van der Waals surface area contributed by atoms with Gasteiger partial charge in [0.15, 0.2) is 6.73 Å². The number of benzene rings is 1. The Morgan fingerprint density at radius 2 is 1.96 bits per heavy atom. The number of ether oxygens (including phenoxy) is 2. The van der Waals surface area contributed by atoms with Crippen molar-refractivity contribution < 1.29 is 14.3 Å². The summed E-state index contributed by atoms with van der Waals surface area (Å²) in [7, 11) is 0. The lowest BCUT2D eigenvalue weighted by molar-refractivity contribution is 0.0383. The van der Waals surface area contributed by atoms with Crippen molar-refractivity contribution in [2.75, 3.05) is 39.4 Å². The number of nitrogens with zero attached hydrogens (tertiary/aromatic N) is 3. The van der Waals surface area contributed by atoms with Crippen molar-refractivity contribution in [3.05, 3.63) is 47.3 Å². The summed E-state index contributed by atoms with van der Waals surface area (Å²) in [6.07, 6.45) is 1.75. The Hall–Kier alpha value is -2.38. The molecule has 1 aromatic carbocycles. The van der Waals surface area contributed by atoms with Crippen LogP contribution in [0.3, 0.4) is 0 Å². The fourth-order valence-electron chi connectivity index (χ4n) is 2.95. The lowest BCUT2D eigenvalue weighted by atomic mass is 10.1. The third-order valence-corrected chi connectivity index (χ3v) is 4.25. The largest absolute Gasteiger partial charge is 0.471 e. The highest BCUT2D eigenvalue weighted by molar-refractivity contribution is 5.92. The Bertz CT molecular complexity index is 718. The van der Waals surface area contributed by atoms with Gasteiger partial charge in [-0.25, -0.2) is 4.68 Å². The van der Waals surface area contributed by atoms with E-state index in [1.54, 1.807) is 16.9 Å². The van der Waals surface area contributed by atoms with Crippen molar-refractivity contribution in [3.63, 3.8) is 0 Å². The molecule has 7 heteroatoms. The molecule has 0 radical (unpaired) electrons. The molecule has 7 nitrogen and oxygen atoms in total. The topological polar surface area (TPSA) is 68.6 Å². The average molecular weight is 358 g/mol. The third kappa shape index (κ3) is 5.31. The average Bonchev–Trinajstić information content (AvgIpc) is 3.09. The molecule has 3 rings (SSSR count). The van der Waals surface area contributed by atoms with E-state index in [0.717, 1.165) is 49.7 Å². The van der Waals surface area contributed by atoms with Crippen molar-refractivity contribution in [2.24, 2.45) is 0 Å². The maximum Gasteiger partial charge on any atom is 0.271 e. The van der Waals surface area contributed by atoms with Gasteiger partial charge in [0.25, 0.3) is 5.91 Å². The molecule has 0 atom stereocenters. The first-order valence-electron chi connectivity index (χ1n) is 8.93. The molecule has 0 spiro atoms. The summed E-state index contributed by atoms with van der Waals surface area (Å²) in [5.41, 5.74) is 2.71. The maximum absolute atomic E-state index is 12.2. The summed E-state index contributed by atoms with van der Waals surface area (Å²) in [5, 5.41) is 7.19. The van der Waals surface area contributed by atoms with Gasteiger partial charge in [-0.1, -0.05) is 6.07 Å². The summed E-state index contributed by atoms with van der Waals surface area (Å²) in [5.74, 6) is 0.637. The first-order valence-corrected chi connectivity index (χ1v) is 8.93. The highest BCUT2D eigenvalue weighted by atomic mass is 16.5. The molecular weight excluding hydrogens is 332 g/mol. The van der Waals surface area contributed by atoms with E-state index in [1.165, 1.54) is 0 Å². The van der Waals surface area contributed by atoms with Gasteiger partial charge in [-0.05, 0) is 43.2 Å². The van der Waals surface area contributed by atoms with Crippen molar-refractivity contribution in [3.8, 4) is 5.75 Å². The van der Waals surface area contributed by atoms with Crippen LogP contribution in [0.5, 0.6) is 5.75 Å². The molecule has 1 aliphatic rings. The van der Waals surface area contributed by atoms with Crippen LogP contribution in [0.1, 0.15) is 21.6 Å². The first-order chi connectivity index (χ1) is 12.6. The number of rotatable bonds is 7. The standard InChI is InChI=1S/C19H26N4O3/c1-15-11-16(2)13-17(12-15)26-14-23-5-3-18(21-23)19(24)20-4-6-22-7-9-25-10-8-22/h3,5,11-13H,4,6-10,14H2,1-2H3,(H,20,24). The molecule has 0 saturated carbocycles. The van der Waals surface area contributed by atoms with Crippen molar-refractivity contribution in [1.29, 1.82) is 0 Å². The Morgan fingerprint density at radius 3 is 2.69 bits per heavy atom. The van der Waals surface area contributed by atoms with Gasteiger partial charge in [-0.15, -0.1) is 0 Å². The molecule has 0 bridgehead atoms. The van der Waals surface area contributed by atoms with Crippen molar-refractivity contribution >= 4 is 5.91 Å². The summed E-state index contributed by atoms with van der Waals surface area (Å²) >= 11 is 0. The van der Waals surface area contributed by atoms with Crippen LogP contribution in [0.2, 0.25) is 0 Å². The molecule has 1 saturated heterocycles. The van der Waals surface area contributed by atoms with E-state index in [-0.39, 0.29) is 12.6 Å². The zero-order valence-electron chi connectivity index (χ0n) is 15.4. The van der Waals surface area contributed by atoms with E-state index in [0.29, 0.717) is 12.2 Å². The van der Waals surface area contributed by atoms with E-state index >= 15 is 0 Å². The molecule has 0 unspecified atom stereocenters. The minimum atomic E-state index is -0.164. The molecule has 1 aliphatic heterocycles. The van der Waals surface area contributed by atoms with Crippen LogP contribution in [0.4, 0.5) is 0 Å². The second kappa shape index (κ2) is 8.82. The lowest BCUT2D eigenvalue weighted by Crippen LogP contribution is -2.41. The highest BCUT2D eigenvalue weighted by Gasteiger charge is 2.12. The van der Waals surface area contributed by atoms with Crippen LogP contribution in [-0.2, 0) is 11.5 Å². The molecular formula is C19H26N4O3. The SMILES string of the molecule is Cc1cc(C)cc(OCn2ccc(C(=O)NCCN3CCOCC3)n2)c1. The van der Waals surface area contributed by atoms with E-state index in [4.69, 9.17) is 9.47 Å². The summed E-state index contributed by atoms with van der Waals surface area (Å²) < 4.78 is 12.7. The minimum Gasteiger partial charge on any atom is -0.471 e. The minimum absolute atomic E-state index is 0.164. The Morgan fingerprint density at radius 1 is 1.23 bits per heavy atom. The molecule has 140 valence electrons. The van der Waals surface area contributed by atoms with Gasteiger partial charge in [0, 0.05) is 32.4 Å². The molecule has 0 aliphatic carbocycles. The van der Waals surface area contributed by atoms with Crippen LogP contribution >= 0.6 is 0 Å². The number of hydrogen-bond donors (Lipinski definition) is 1. The van der Waals surface area contributed by atoms with Gasteiger partial charge >= 0.3 is 0 Å². The predicted molar refractivity (Wildman–Crippen MR) is 98.4 cm³/mol. The van der Waals surface area contributed by atoms with Crippen molar-refractivity contribution in [2.45, 2.75) is 20.6 Å². The summed E-state index contributed by atoms with van der Waals surface area (Å²) in [6.45, 7) is 9.12. The lowest BCUT2D eigenvalue weighted by Gasteiger charge is -2.26. The maximum atomic E-state index is 12.2. The van der Waals surface area contributed by atoms with Gasteiger partial charge in [0.2, 0.25) is 0 Å². The zero-order valence-corrected chi connectivity index (χ0v) is 15.4. The Balaban J connectivity index is 1.45. The van der Waals surface area contributed by atoms with Crippen LogP contribution in [-0.4, -0.2) is 60.0 Å². The van der Waals surface area contributed by atoms with E-state index in [2.05, 4.69) is 21.4 Å². The van der Waals surface area contributed by atoms with Crippen LogP contribution < -0.4 is 10.1 Å². The van der Waals surface area contributed by atoms with Crippen LogP contribution in [0, 0.1) is 13.8 Å². The van der Waals surface area contributed by atoms with Crippen LogP contribution in [0.25, 0.3) is 0 Å². The smallest absolute Gasteiger partial charge is 0.271 e.